The summed E-state index contributed by atoms with van der Waals surface area (Å²) in [5.74, 6) is 1.93. The Kier molecular flexibility index (Phi) is 6.36. The summed E-state index contributed by atoms with van der Waals surface area (Å²) in [6, 6.07) is 0. The predicted octanol–water partition coefficient (Wildman–Crippen LogP) is 6.98. The summed E-state index contributed by atoms with van der Waals surface area (Å²) in [4.78, 5) is 17.4. The highest BCUT2D eigenvalue weighted by Crippen LogP contribution is 2.73. The van der Waals surface area contributed by atoms with Gasteiger partial charge in [-0.25, -0.2) is 4.89 Å². The third-order valence-electron chi connectivity index (χ3n) is 11.5. The monoisotopic (exact) mass is 472 g/mol. The fourth-order valence-corrected chi connectivity index (χ4v) is 9.37. The largest absolute Gasteiger partial charge is 0.393 e. The molecule has 0 aromatic heterocycles. The molecule has 34 heavy (non-hydrogen) atoms. The van der Waals surface area contributed by atoms with Crippen LogP contribution in [0.5, 0.6) is 0 Å². The molecule has 4 rings (SSSR count). The molecule has 192 valence electrons. The molecule has 4 aliphatic rings. The van der Waals surface area contributed by atoms with Gasteiger partial charge in [-0.3, -0.25) is 10.1 Å². The lowest BCUT2D eigenvalue weighted by molar-refractivity contribution is -0.297. The molecule has 0 radical (unpaired) electrons. The lowest BCUT2D eigenvalue weighted by atomic mass is 9.41. The molecule has 3 saturated carbocycles. The Bertz CT molecular complexity index is 884. The summed E-state index contributed by atoms with van der Waals surface area (Å²) in [5.41, 5.74) is 0.849. The van der Waals surface area contributed by atoms with Crippen molar-refractivity contribution in [3.05, 3.63) is 23.8 Å². The van der Waals surface area contributed by atoms with E-state index in [0.29, 0.717) is 30.0 Å². The second-order valence-corrected chi connectivity index (χ2v) is 14.0. The Balaban J connectivity index is 1.64. The molecule has 3 fully saturated rings. The molecule has 0 aliphatic heterocycles. The van der Waals surface area contributed by atoms with Crippen LogP contribution in [0.15, 0.2) is 23.8 Å². The summed E-state index contributed by atoms with van der Waals surface area (Å²) in [6.07, 6.45) is 12.9. The predicted molar refractivity (Wildman–Crippen MR) is 136 cm³/mol. The van der Waals surface area contributed by atoms with E-state index in [2.05, 4.69) is 58.6 Å². The average molecular weight is 473 g/mol. The van der Waals surface area contributed by atoms with Gasteiger partial charge in [0, 0.05) is 11.8 Å². The van der Waals surface area contributed by atoms with Gasteiger partial charge in [-0.1, -0.05) is 65.3 Å². The molecule has 8 atom stereocenters. The molecule has 0 heterocycles. The first kappa shape index (κ1) is 26.1. The fourth-order valence-electron chi connectivity index (χ4n) is 9.37. The number of Topliss-reactive ketones (excluding diaryl/α,β-unsaturated/α-hetero) is 1. The van der Waals surface area contributed by atoms with E-state index in [-0.39, 0.29) is 33.7 Å². The number of carbonyl (C=O) groups is 1. The second-order valence-electron chi connectivity index (χ2n) is 14.0. The first-order valence-electron chi connectivity index (χ1n) is 13.6. The van der Waals surface area contributed by atoms with Gasteiger partial charge in [0.2, 0.25) is 0 Å². The van der Waals surface area contributed by atoms with Gasteiger partial charge >= 0.3 is 0 Å². The lowest BCUT2D eigenvalue weighted by Crippen LogP contribution is -2.57. The smallest absolute Gasteiger partial charge is 0.138 e. The molecule has 0 amide bonds. The van der Waals surface area contributed by atoms with Gasteiger partial charge in [-0.15, -0.1) is 0 Å². The van der Waals surface area contributed by atoms with Gasteiger partial charge in [0.15, 0.2) is 0 Å². The minimum Gasteiger partial charge on any atom is -0.393 e. The zero-order chi connectivity index (χ0) is 25.3. The number of hydrogen-bond acceptors (Lipinski definition) is 4. The van der Waals surface area contributed by atoms with Crippen molar-refractivity contribution in [2.75, 3.05) is 0 Å². The summed E-state index contributed by atoms with van der Waals surface area (Å²) < 4.78 is 0. The SMILES string of the molecule is CC(CC=CC(C)(C)OO)C1C(O)CC2(C)C3=CCC4C(C)(C)C(=O)CCC4(C)C3CCC12C. The Morgan fingerprint density at radius 2 is 1.88 bits per heavy atom. The number of carbonyl (C=O) groups excluding carboxylic acids is 1. The van der Waals surface area contributed by atoms with Gasteiger partial charge in [0.05, 0.1) is 6.10 Å². The van der Waals surface area contributed by atoms with Crippen molar-refractivity contribution >= 4 is 5.78 Å². The Hall–Kier alpha value is -0.970. The number of hydrogen-bond donors (Lipinski definition) is 2. The van der Waals surface area contributed by atoms with Crippen molar-refractivity contribution < 1.29 is 20.0 Å². The van der Waals surface area contributed by atoms with Crippen LogP contribution >= 0.6 is 0 Å². The van der Waals surface area contributed by atoms with Crippen LogP contribution in [0.3, 0.4) is 0 Å². The summed E-state index contributed by atoms with van der Waals surface area (Å²) in [5, 5.41) is 20.6. The van der Waals surface area contributed by atoms with Crippen LogP contribution in [-0.4, -0.2) is 27.9 Å². The van der Waals surface area contributed by atoms with E-state index in [1.165, 1.54) is 0 Å². The minimum atomic E-state index is -0.696. The van der Waals surface area contributed by atoms with Crippen molar-refractivity contribution in [1.82, 2.24) is 0 Å². The molecule has 0 spiro atoms. The molecular formula is C30H48O4. The normalized spacial score (nSPS) is 44.9. The highest BCUT2D eigenvalue weighted by atomic mass is 17.1. The highest BCUT2D eigenvalue weighted by molar-refractivity contribution is 5.85. The number of fused-ring (bicyclic) bond motifs is 5. The van der Waals surface area contributed by atoms with Gasteiger partial charge < -0.3 is 5.11 Å². The second kappa shape index (κ2) is 8.28. The molecule has 0 bridgehead atoms. The van der Waals surface area contributed by atoms with E-state index in [1.807, 2.05) is 19.9 Å². The zero-order valence-corrected chi connectivity index (χ0v) is 22.8. The Morgan fingerprint density at radius 3 is 2.53 bits per heavy atom. The molecule has 0 aromatic carbocycles. The van der Waals surface area contributed by atoms with Crippen LogP contribution in [0.2, 0.25) is 0 Å². The van der Waals surface area contributed by atoms with Gasteiger partial charge in [0.1, 0.15) is 11.4 Å². The standard InChI is InChI=1S/C30H48O4/c1-19(10-9-15-26(2,3)34-33)25-22(31)18-30(8)21-11-12-23-27(4,5)24(32)14-16-28(23,6)20(21)13-17-29(25,30)7/h9,11,15,19-20,22-23,25,31,33H,10,12-14,16-18H2,1-8H3. The molecular weight excluding hydrogens is 424 g/mol. The van der Waals surface area contributed by atoms with Crippen molar-refractivity contribution in [2.45, 2.75) is 112 Å². The van der Waals surface area contributed by atoms with Crippen LogP contribution in [0.1, 0.15) is 100 Å². The molecule has 4 nitrogen and oxygen atoms in total. The van der Waals surface area contributed by atoms with Crippen LogP contribution < -0.4 is 0 Å². The van der Waals surface area contributed by atoms with E-state index in [9.17, 15) is 9.90 Å². The van der Waals surface area contributed by atoms with Crippen molar-refractivity contribution in [3.63, 3.8) is 0 Å². The van der Waals surface area contributed by atoms with Crippen LogP contribution in [0.25, 0.3) is 0 Å². The van der Waals surface area contributed by atoms with Crippen LogP contribution in [-0.2, 0) is 9.68 Å². The zero-order valence-electron chi connectivity index (χ0n) is 22.8. The average Bonchev–Trinajstić information content (AvgIpc) is 2.96. The van der Waals surface area contributed by atoms with E-state index >= 15 is 0 Å². The van der Waals surface area contributed by atoms with Crippen molar-refractivity contribution in [1.29, 1.82) is 0 Å². The maximum absolute atomic E-state index is 12.8. The third kappa shape index (κ3) is 3.61. The van der Waals surface area contributed by atoms with Gasteiger partial charge in [0.25, 0.3) is 0 Å². The molecule has 2 N–H and O–H groups in total. The van der Waals surface area contributed by atoms with E-state index in [0.717, 1.165) is 38.5 Å². The van der Waals surface area contributed by atoms with Crippen LogP contribution in [0, 0.1) is 45.3 Å². The molecule has 4 aliphatic carbocycles. The summed E-state index contributed by atoms with van der Waals surface area (Å²) >= 11 is 0. The molecule has 0 aromatic rings. The third-order valence-corrected chi connectivity index (χ3v) is 11.5. The number of aliphatic hydroxyl groups is 1. The highest BCUT2D eigenvalue weighted by Gasteiger charge is 2.67. The van der Waals surface area contributed by atoms with Gasteiger partial charge in [-0.2, -0.15) is 0 Å². The first-order valence-corrected chi connectivity index (χ1v) is 13.6. The number of allylic oxidation sites excluding steroid dienone is 3. The number of ketones is 1. The minimum absolute atomic E-state index is 0.00890. The Morgan fingerprint density at radius 1 is 1.21 bits per heavy atom. The maximum Gasteiger partial charge on any atom is 0.138 e. The maximum atomic E-state index is 12.8. The van der Waals surface area contributed by atoms with E-state index in [4.69, 9.17) is 5.26 Å². The van der Waals surface area contributed by atoms with E-state index in [1.54, 1.807) is 5.57 Å². The first-order chi connectivity index (χ1) is 15.6. The fraction of sp³-hybridized carbons (Fsp3) is 0.833. The quantitative estimate of drug-likeness (QED) is 0.257. The Labute approximate surface area is 207 Å². The molecule has 4 heteroatoms. The summed E-state index contributed by atoms with van der Waals surface area (Å²) in [7, 11) is 0. The van der Waals surface area contributed by atoms with Crippen LogP contribution in [0.4, 0.5) is 0 Å². The molecule has 0 saturated heterocycles. The van der Waals surface area contributed by atoms with Gasteiger partial charge in [-0.05, 0) is 92.3 Å². The number of aliphatic hydroxyl groups excluding tert-OH is 1. The summed E-state index contributed by atoms with van der Waals surface area (Å²) in [6.45, 7) is 17.6. The van der Waals surface area contributed by atoms with Crippen molar-refractivity contribution in [3.8, 4) is 0 Å². The topological polar surface area (TPSA) is 66.8 Å². The van der Waals surface area contributed by atoms with Crippen molar-refractivity contribution in [2.24, 2.45) is 45.3 Å². The lowest BCUT2D eigenvalue weighted by Gasteiger charge is -2.63. The number of rotatable bonds is 5. The molecule has 8 unspecified atom stereocenters. The van der Waals surface area contributed by atoms with E-state index < -0.39 is 5.60 Å².